The largest absolute Gasteiger partial charge is 0.316 e. The average Bonchev–Trinajstić information content (AvgIpc) is 2.66. The molecule has 0 aliphatic carbocycles. The van der Waals surface area contributed by atoms with E-state index in [2.05, 4.69) is 10.3 Å². The molecule has 5 nitrogen and oxygen atoms in total. The Morgan fingerprint density at radius 1 is 1.39 bits per heavy atom. The van der Waals surface area contributed by atoms with Crippen LogP contribution in [0.1, 0.15) is 33.7 Å². The maximum absolute atomic E-state index is 12.1. The zero-order valence-electron chi connectivity index (χ0n) is 10.1. The number of amides is 2. The van der Waals surface area contributed by atoms with Crippen LogP contribution in [0.2, 0.25) is 0 Å². The molecule has 1 fully saturated rings. The molecule has 3 heterocycles. The molecule has 18 heavy (non-hydrogen) atoms. The van der Waals surface area contributed by atoms with E-state index in [9.17, 15) is 9.59 Å². The monoisotopic (exact) mass is 245 g/mol. The van der Waals surface area contributed by atoms with E-state index >= 15 is 0 Å². The minimum Gasteiger partial charge on any atom is -0.316 e. The Hall–Kier alpha value is -1.75. The highest BCUT2D eigenvalue weighted by atomic mass is 16.2. The number of carbonyl (C=O) groups is 2. The van der Waals surface area contributed by atoms with Crippen molar-refractivity contribution in [3.05, 3.63) is 29.6 Å². The van der Waals surface area contributed by atoms with Crippen molar-refractivity contribution in [2.24, 2.45) is 5.92 Å². The summed E-state index contributed by atoms with van der Waals surface area (Å²) in [4.78, 5) is 29.6. The molecule has 2 aliphatic rings. The Morgan fingerprint density at radius 2 is 2.28 bits per heavy atom. The Labute approximate surface area is 105 Å². The predicted octanol–water partition coefficient (Wildman–Crippen LogP) is 0.677. The summed E-state index contributed by atoms with van der Waals surface area (Å²) in [5, 5.41) is 3.29. The first-order valence-corrected chi connectivity index (χ1v) is 6.29. The Kier molecular flexibility index (Phi) is 2.83. The number of hydrogen-bond acceptors (Lipinski definition) is 4. The maximum atomic E-state index is 12.1. The van der Waals surface area contributed by atoms with Crippen LogP contribution in [-0.2, 0) is 0 Å². The molecule has 2 amide bonds. The number of nitrogens with zero attached hydrogens (tertiary/aromatic N) is 2. The van der Waals surface area contributed by atoms with E-state index in [1.165, 1.54) is 4.90 Å². The molecule has 1 aromatic rings. The number of aromatic nitrogens is 1. The van der Waals surface area contributed by atoms with Gasteiger partial charge in [-0.15, -0.1) is 0 Å². The second kappa shape index (κ2) is 4.49. The van der Waals surface area contributed by atoms with Gasteiger partial charge in [-0.3, -0.25) is 19.5 Å². The van der Waals surface area contributed by atoms with Gasteiger partial charge in [0.2, 0.25) is 0 Å². The van der Waals surface area contributed by atoms with Crippen LogP contribution in [0.5, 0.6) is 0 Å². The summed E-state index contributed by atoms with van der Waals surface area (Å²) >= 11 is 0. The van der Waals surface area contributed by atoms with E-state index in [-0.39, 0.29) is 11.8 Å². The van der Waals surface area contributed by atoms with Gasteiger partial charge in [-0.1, -0.05) is 0 Å². The third-order valence-corrected chi connectivity index (χ3v) is 3.57. The van der Waals surface area contributed by atoms with Crippen LogP contribution in [0.15, 0.2) is 18.3 Å². The lowest BCUT2D eigenvalue weighted by Gasteiger charge is -2.26. The minimum absolute atomic E-state index is 0.200. The molecular formula is C13H15N3O2. The number of pyridine rings is 1. The molecule has 1 saturated heterocycles. The number of imide groups is 1. The van der Waals surface area contributed by atoms with Crippen LogP contribution in [0.4, 0.5) is 0 Å². The predicted molar refractivity (Wildman–Crippen MR) is 65.2 cm³/mol. The van der Waals surface area contributed by atoms with Crippen molar-refractivity contribution < 1.29 is 9.59 Å². The summed E-state index contributed by atoms with van der Waals surface area (Å²) in [5.74, 6) is -0.0872. The Bertz CT molecular complexity index is 460. The van der Waals surface area contributed by atoms with Gasteiger partial charge in [0.05, 0.1) is 5.56 Å². The van der Waals surface area contributed by atoms with E-state index in [1.54, 1.807) is 18.3 Å². The van der Waals surface area contributed by atoms with Crippen LogP contribution in [0, 0.1) is 5.92 Å². The van der Waals surface area contributed by atoms with E-state index in [0.717, 1.165) is 25.9 Å². The summed E-state index contributed by atoms with van der Waals surface area (Å²) in [6.07, 6.45) is 3.72. The van der Waals surface area contributed by atoms with Crippen molar-refractivity contribution in [3.63, 3.8) is 0 Å². The van der Waals surface area contributed by atoms with Crippen molar-refractivity contribution in [2.45, 2.75) is 12.8 Å². The standard InChI is InChI=1S/C13H15N3O2/c17-12-10-4-2-6-15-11(10)13(18)16(12)8-9-3-1-5-14-7-9/h2,4,6,9,14H,1,3,5,7-8H2. The van der Waals surface area contributed by atoms with Gasteiger partial charge in [0.15, 0.2) is 0 Å². The zero-order chi connectivity index (χ0) is 12.5. The fraction of sp³-hybridized carbons (Fsp3) is 0.462. The molecule has 3 rings (SSSR count). The van der Waals surface area contributed by atoms with E-state index in [4.69, 9.17) is 0 Å². The van der Waals surface area contributed by atoms with Crippen molar-refractivity contribution in [1.29, 1.82) is 0 Å². The zero-order valence-corrected chi connectivity index (χ0v) is 10.1. The number of nitrogens with one attached hydrogen (secondary N) is 1. The number of hydrogen-bond donors (Lipinski definition) is 1. The average molecular weight is 245 g/mol. The molecule has 2 aliphatic heterocycles. The molecule has 5 heteroatoms. The van der Waals surface area contributed by atoms with Crippen LogP contribution < -0.4 is 5.32 Å². The molecule has 0 radical (unpaired) electrons. The van der Waals surface area contributed by atoms with E-state index in [1.807, 2.05) is 0 Å². The smallest absolute Gasteiger partial charge is 0.280 e. The van der Waals surface area contributed by atoms with Gasteiger partial charge in [-0.05, 0) is 44.0 Å². The summed E-state index contributed by atoms with van der Waals surface area (Å²) < 4.78 is 0. The van der Waals surface area contributed by atoms with Gasteiger partial charge >= 0.3 is 0 Å². The third-order valence-electron chi connectivity index (χ3n) is 3.57. The number of carbonyl (C=O) groups excluding carboxylic acids is 2. The van der Waals surface area contributed by atoms with Gasteiger partial charge in [0.1, 0.15) is 5.69 Å². The van der Waals surface area contributed by atoms with E-state index in [0.29, 0.717) is 23.7 Å². The topological polar surface area (TPSA) is 62.3 Å². The second-order valence-electron chi connectivity index (χ2n) is 4.83. The first-order valence-electron chi connectivity index (χ1n) is 6.29. The summed E-state index contributed by atoms with van der Waals surface area (Å²) in [6, 6.07) is 3.36. The minimum atomic E-state index is -0.249. The third kappa shape index (κ3) is 1.80. The molecule has 0 saturated carbocycles. The normalized spacial score (nSPS) is 23.3. The van der Waals surface area contributed by atoms with Crippen molar-refractivity contribution >= 4 is 11.8 Å². The highest BCUT2D eigenvalue weighted by Gasteiger charge is 2.37. The Morgan fingerprint density at radius 3 is 3.00 bits per heavy atom. The van der Waals surface area contributed by atoms with Gasteiger partial charge in [-0.2, -0.15) is 0 Å². The first-order chi connectivity index (χ1) is 8.77. The highest BCUT2D eigenvalue weighted by molar-refractivity contribution is 6.20. The lowest BCUT2D eigenvalue weighted by molar-refractivity contribution is 0.0619. The van der Waals surface area contributed by atoms with Crippen LogP contribution in [0.25, 0.3) is 0 Å². The number of rotatable bonds is 2. The molecule has 0 aromatic carbocycles. The van der Waals surface area contributed by atoms with Gasteiger partial charge in [0.25, 0.3) is 11.8 Å². The second-order valence-corrected chi connectivity index (χ2v) is 4.83. The van der Waals surface area contributed by atoms with Crippen LogP contribution in [0.3, 0.4) is 0 Å². The lowest BCUT2D eigenvalue weighted by atomic mass is 9.99. The van der Waals surface area contributed by atoms with Crippen LogP contribution >= 0.6 is 0 Å². The quantitative estimate of drug-likeness (QED) is 0.778. The molecule has 94 valence electrons. The van der Waals surface area contributed by atoms with Gasteiger partial charge in [-0.25, -0.2) is 0 Å². The summed E-state index contributed by atoms with van der Waals surface area (Å²) in [6.45, 7) is 2.40. The maximum Gasteiger partial charge on any atom is 0.280 e. The molecule has 1 atom stereocenters. The molecular weight excluding hydrogens is 230 g/mol. The van der Waals surface area contributed by atoms with Gasteiger partial charge in [0, 0.05) is 12.7 Å². The van der Waals surface area contributed by atoms with Crippen molar-refractivity contribution in [1.82, 2.24) is 15.2 Å². The van der Waals surface area contributed by atoms with Crippen molar-refractivity contribution in [3.8, 4) is 0 Å². The first kappa shape index (κ1) is 11.3. The van der Waals surface area contributed by atoms with Crippen molar-refractivity contribution in [2.75, 3.05) is 19.6 Å². The van der Waals surface area contributed by atoms with Gasteiger partial charge < -0.3 is 5.32 Å². The highest BCUT2D eigenvalue weighted by Crippen LogP contribution is 2.23. The van der Waals surface area contributed by atoms with Crippen LogP contribution in [-0.4, -0.2) is 41.3 Å². The SMILES string of the molecule is O=C1c2cccnc2C(=O)N1CC1CCCNC1. The molecule has 1 N–H and O–H groups in total. The molecule has 0 bridgehead atoms. The molecule has 1 unspecified atom stereocenters. The Balaban J connectivity index is 1.79. The molecule has 0 spiro atoms. The lowest BCUT2D eigenvalue weighted by Crippen LogP contribution is -2.40. The fourth-order valence-electron chi connectivity index (χ4n) is 2.62. The fourth-order valence-corrected chi connectivity index (χ4v) is 2.62. The number of piperidine rings is 1. The molecule has 1 aromatic heterocycles. The summed E-state index contributed by atoms with van der Waals surface area (Å²) in [7, 11) is 0. The van der Waals surface area contributed by atoms with E-state index < -0.39 is 0 Å². The summed E-state index contributed by atoms with van der Waals surface area (Å²) in [5.41, 5.74) is 0.734. The number of fused-ring (bicyclic) bond motifs is 1.